The molecule has 0 unspecified atom stereocenters. The number of nitrogens with one attached hydrogen (secondary N) is 1. The molecule has 0 aliphatic carbocycles. The number of aromatic nitrogens is 1. The number of thioether (sulfide) groups is 1. The normalized spacial score (nSPS) is 10.4. The Morgan fingerprint density at radius 2 is 2.10 bits per heavy atom. The van der Waals surface area contributed by atoms with Crippen LogP contribution in [0.1, 0.15) is 6.92 Å². The molecule has 4 nitrogen and oxygen atoms in total. The molecular formula is C13H10Cl2N2O2S2. The van der Waals surface area contributed by atoms with E-state index in [4.69, 9.17) is 23.2 Å². The zero-order valence-electron chi connectivity index (χ0n) is 10.9. The van der Waals surface area contributed by atoms with Crippen molar-refractivity contribution in [3.63, 3.8) is 0 Å². The summed E-state index contributed by atoms with van der Waals surface area (Å²) in [7, 11) is 0. The number of thiazole rings is 1. The molecule has 110 valence electrons. The lowest BCUT2D eigenvalue weighted by molar-refractivity contribution is -0.114. The minimum Gasteiger partial charge on any atom is -0.301 e. The fourth-order valence-electron chi connectivity index (χ4n) is 1.44. The number of anilines is 1. The molecule has 0 fully saturated rings. The van der Waals surface area contributed by atoms with Gasteiger partial charge in [0, 0.05) is 17.9 Å². The van der Waals surface area contributed by atoms with Crippen LogP contribution in [0.3, 0.4) is 0 Å². The molecular weight excluding hydrogens is 351 g/mol. The van der Waals surface area contributed by atoms with Crippen LogP contribution in [0.25, 0.3) is 11.3 Å². The lowest BCUT2D eigenvalue weighted by Crippen LogP contribution is -2.14. The van der Waals surface area contributed by atoms with Gasteiger partial charge in [0.15, 0.2) is 10.2 Å². The Balaban J connectivity index is 2.05. The summed E-state index contributed by atoms with van der Waals surface area (Å²) in [6, 6.07) is 5.22. The minimum absolute atomic E-state index is 0.0804. The lowest BCUT2D eigenvalue weighted by Gasteiger charge is -2.00. The zero-order valence-corrected chi connectivity index (χ0v) is 14.0. The highest BCUT2D eigenvalue weighted by molar-refractivity contribution is 8.14. The van der Waals surface area contributed by atoms with Crippen LogP contribution >= 0.6 is 46.3 Å². The number of carbonyl (C=O) groups excluding carboxylic acids is 2. The monoisotopic (exact) mass is 360 g/mol. The molecule has 1 aromatic carbocycles. The Morgan fingerprint density at radius 1 is 1.33 bits per heavy atom. The van der Waals surface area contributed by atoms with Gasteiger partial charge in [-0.15, -0.1) is 11.3 Å². The first-order valence-electron chi connectivity index (χ1n) is 5.80. The number of hydrogen-bond donors (Lipinski definition) is 1. The van der Waals surface area contributed by atoms with Gasteiger partial charge in [0.25, 0.3) is 0 Å². The van der Waals surface area contributed by atoms with E-state index < -0.39 is 0 Å². The zero-order chi connectivity index (χ0) is 15.4. The topological polar surface area (TPSA) is 59.1 Å². The molecule has 0 aliphatic heterocycles. The second kappa shape index (κ2) is 7.26. The Morgan fingerprint density at radius 3 is 2.76 bits per heavy atom. The minimum atomic E-state index is -0.259. The van der Waals surface area contributed by atoms with E-state index in [2.05, 4.69) is 10.3 Å². The Hall–Kier alpha value is -1.08. The van der Waals surface area contributed by atoms with Gasteiger partial charge >= 0.3 is 0 Å². The predicted molar refractivity (Wildman–Crippen MR) is 89.3 cm³/mol. The highest BCUT2D eigenvalue weighted by Crippen LogP contribution is 2.30. The Bertz CT molecular complexity index is 689. The van der Waals surface area contributed by atoms with Gasteiger partial charge in [-0.2, -0.15) is 0 Å². The quantitative estimate of drug-likeness (QED) is 0.880. The van der Waals surface area contributed by atoms with Crippen LogP contribution in [-0.2, 0) is 9.59 Å². The number of amides is 1. The van der Waals surface area contributed by atoms with Crippen LogP contribution < -0.4 is 5.32 Å². The maximum absolute atomic E-state index is 11.6. The average Bonchev–Trinajstić information content (AvgIpc) is 2.88. The number of nitrogens with zero attached hydrogens (tertiary/aromatic N) is 1. The number of hydrogen-bond acceptors (Lipinski definition) is 5. The first-order chi connectivity index (χ1) is 9.95. The van der Waals surface area contributed by atoms with E-state index in [0.717, 1.165) is 17.3 Å². The number of benzene rings is 1. The molecule has 1 heterocycles. The fourth-order valence-corrected chi connectivity index (χ4v) is 2.88. The molecule has 1 N–H and O–H groups in total. The maximum Gasteiger partial charge on any atom is 0.236 e. The molecule has 8 heteroatoms. The van der Waals surface area contributed by atoms with Crippen molar-refractivity contribution in [2.75, 3.05) is 11.1 Å². The van der Waals surface area contributed by atoms with Crippen molar-refractivity contribution in [2.45, 2.75) is 6.92 Å². The highest BCUT2D eigenvalue weighted by Gasteiger charge is 2.10. The van der Waals surface area contributed by atoms with Crippen molar-refractivity contribution >= 4 is 62.5 Å². The van der Waals surface area contributed by atoms with Crippen molar-refractivity contribution in [2.24, 2.45) is 0 Å². The number of carbonyl (C=O) groups is 2. The largest absolute Gasteiger partial charge is 0.301 e. The fraction of sp³-hybridized carbons (Fsp3) is 0.154. The standard InChI is InChI=1S/C13H10Cl2N2O2S2/c1-7(18)20-6-12(19)17-13-16-11(5-21-13)8-2-3-9(14)10(15)4-8/h2-5H,6H2,1H3,(H,16,17,19). The van der Waals surface area contributed by atoms with Gasteiger partial charge in [0.05, 0.1) is 21.5 Å². The van der Waals surface area contributed by atoms with Gasteiger partial charge in [-0.05, 0) is 12.1 Å². The molecule has 0 atom stereocenters. The molecule has 2 rings (SSSR count). The summed E-state index contributed by atoms with van der Waals surface area (Å²) in [6.07, 6.45) is 0. The molecule has 0 spiro atoms. The van der Waals surface area contributed by atoms with Crippen molar-refractivity contribution in [3.8, 4) is 11.3 Å². The van der Waals surface area contributed by atoms with Crippen LogP contribution in [-0.4, -0.2) is 21.8 Å². The summed E-state index contributed by atoms with van der Waals surface area (Å²) in [6.45, 7) is 1.42. The first kappa shape index (κ1) is 16.3. The third-order valence-electron chi connectivity index (χ3n) is 2.37. The highest BCUT2D eigenvalue weighted by atomic mass is 35.5. The second-order valence-electron chi connectivity index (χ2n) is 4.00. The van der Waals surface area contributed by atoms with Gasteiger partial charge in [-0.3, -0.25) is 9.59 Å². The van der Waals surface area contributed by atoms with E-state index in [1.807, 2.05) is 5.38 Å². The van der Waals surface area contributed by atoms with E-state index in [9.17, 15) is 9.59 Å². The predicted octanol–water partition coefficient (Wildman–Crippen LogP) is 4.34. The van der Waals surface area contributed by atoms with Gasteiger partial charge in [-0.25, -0.2) is 4.98 Å². The van der Waals surface area contributed by atoms with Gasteiger partial charge < -0.3 is 5.32 Å². The molecule has 0 saturated carbocycles. The average molecular weight is 361 g/mol. The Kier molecular flexibility index (Phi) is 5.64. The molecule has 0 aliphatic rings. The van der Waals surface area contributed by atoms with Crippen LogP contribution in [0.2, 0.25) is 10.0 Å². The van der Waals surface area contributed by atoms with E-state index in [1.165, 1.54) is 18.3 Å². The third kappa shape index (κ3) is 4.71. The summed E-state index contributed by atoms with van der Waals surface area (Å²) in [5, 5.41) is 5.77. The summed E-state index contributed by atoms with van der Waals surface area (Å²) in [4.78, 5) is 26.7. The van der Waals surface area contributed by atoms with Crippen molar-refractivity contribution < 1.29 is 9.59 Å². The summed E-state index contributed by atoms with van der Waals surface area (Å²) >= 11 is 14.1. The van der Waals surface area contributed by atoms with E-state index in [0.29, 0.717) is 20.9 Å². The molecule has 21 heavy (non-hydrogen) atoms. The number of rotatable bonds is 4. The van der Waals surface area contributed by atoms with E-state index >= 15 is 0 Å². The summed E-state index contributed by atoms with van der Waals surface area (Å²) in [5.74, 6) is -0.179. The molecule has 0 radical (unpaired) electrons. The van der Waals surface area contributed by atoms with Crippen LogP contribution in [0.5, 0.6) is 0 Å². The van der Waals surface area contributed by atoms with Crippen molar-refractivity contribution in [1.29, 1.82) is 0 Å². The lowest BCUT2D eigenvalue weighted by atomic mass is 10.2. The Labute approximate surface area is 139 Å². The molecule has 0 saturated heterocycles. The van der Waals surface area contributed by atoms with E-state index in [-0.39, 0.29) is 16.8 Å². The third-order valence-corrected chi connectivity index (χ3v) is 4.68. The van der Waals surface area contributed by atoms with Crippen molar-refractivity contribution in [1.82, 2.24) is 4.98 Å². The van der Waals surface area contributed by atoms with Crippen LogP contribution in [0.4, 0.5) is 5.13 Å². The maximum atomic E-state index is 11.6. The summed E-state index contributed by atoms with van der Waals surface area (Å²) < 4.78 is 0. The second-order valence-corrected chi connectivity index (χ2v) is 6.82. The van der Waals surface area contributed by atoms with Crippen molar-refractivity contribution in [3.05, 3.63) is 33.6 Å². The number of halogens is 2. The molecule has 2 aromatic rings. The van der Waals surface area contributed by atoms with E-state index in [1.54, 1.807) is 18.2 Å². The smallest absolute Gasteiger partial charge is 0.236 e. The SMILES string of the molecule is CC(=O)SCC(=O)Nc1nc(-c2ccc(Cl)c(Cl)c2)cs1. The van der Waals surface area contributed by atoms with Gasteiger partial charge in [0.1, 0.15) is 0 Å². The van der Waals surface area contributed by atoms with Crippen LogP contribution in [0.15, 0.2) is 23.6 Å². The molecule has 0 bridgehead atoms. The summed E-state index contributed by atoms with van der Waals surface area (Å²) in [5.41, 5.74) is 1.52. The molecule has 1 amide bonds. The van der Waals surface area contributed by atoms with Crippen LogP contribution in [0, 0.1) is 0 Å². The molecule has 1 aromatic heterocycles. The first-order valence-corrected chi connectivity index (χ1v) is 8.42. The van der Waals surface area contributed by atoms with Gasteiger partial charge in [-0.1, -0.05) is 41.0 Å². The van der Waals surface area contributed by atoms with Gasteiger partial charge in [0.2, 0.25) is 5.91 Å².